The fraction of sp³-hybridized carbons (Fsp3) is 0.333. The third-order valence-corrected chi connectivity index (χ3v) is 0.847. The summed E-state index contributed by atoms with van der Waals surface area (Å²) >= 11 is 0. The molecule has 1 heterocycles. The molecule has 0 spiro atoms. The Labute approximate surface area is 58.1 Å². The Morgan fingerprint density at radius 1 is 1.50 bits per heavy atom. The van der Waals surface area contributed by atoms with E-state index in [9.17, 15) is 9.59 Å². The Hall–Kier alpha value is -1.16. The van der Waals surface area contributed by atoms with E-state index < -0.39 is 18.0 Å². The summed E-state index contributed by atoms with van der Waals surface area (Å²) in [6, 6.07) is 0. The van der Waals surface area contributed by atoms with Crippen molar-refractivity contribution in [3.63, 3.8) is 0 Å². The number of hydrogen-bond acceptors (Lipinski definition) is 4. The second kappa shape index (κ2) is 3.79. The Kier molecular flexibility index (Phi) is 3.35. The van der Waals surface area contributed by atoms with E-state index in [1.807, 2.05) is 0 Å². The molecule has 0 aromatic carbocycles. The van der Waals surface area contributed by atoms with Crippen molar-refractivity contribution in [1.82, 2.24) is 0 Å². The lowest BCUT2D eigenvalue weighted by Crippen LogP contribution is -2.11. The van der Waals surface area contributed by atoms with Crippen molar-refractivity contribution >= 4 is 11.9 Å². The van der Waals surface area contributed by atoms with E-state index >= 15 is 0 Å². The molecule has 1 fully saturated rings. The molecule has 10 heavy (non-hydrogen) atoms. The predicted octanol–water partition coefficient (Wildman–Crippen LogP) is -0.377. The van der Waals surface area contributed by atoms with Gasteiger partial charge in [-0.1, -0.05) is 0 Å². The van der Waals surface area contributed by atoms with Gasteiger partial charge < -0.3 is 9.84 Å². The molecule has 0 bridgehead atoms. The van der Waals surface area contributed by atoms with Crippen molar-refractivity contribution in [3.8, 4) is 0 Å². The summed E-state index contributed by atoms with van der Waals surface area (Å²) in [5.74, 6) is -1.49. The molecular weight excluding hydrogens is 136 g/mol. The zero-order valence-electron chi connectivity index (χ0n) is 5.37. The number of ether oxygens (including phenoxy) is 1. The van der Waals surface area contributed by atoms with Gasteiger partial charge in [0, 0.05) is 0 Å². The van der Waals surface area contributed by atoms with Crippen LogP contribution in [0.3, 0.4) is 0 Å². The lowest BCUT2D eigenvalue weighted by atomic mass is 10.3. The zero-order chi connectivity index (χ0) is 8.15. The Balaban J connectivity index is 0.000000371. The number of rotatable bonds is 0. The van der Waals surface area contributed by atoms with E-state index in [-0.39, 0.29) is 6.42 Å². The summed E-state index contributed by atoms with van der Waals surface area (Å²) in [5.41, 5.74) is 0. The monoisotopic (exact) mass is 144 g/mol. The Morgan fingerprint density at radius 3 is 2.10 bits per heavy atom. The van der Waals surface area contributed by atoms with Crippen molar-refractivity contribution in [1.29, 1.82) is 0 Å². The number of aliphatic hydroxyl groups is 1. The van der Waals surface area contributed by atoms with Gasteiger partial charge in [0.25, 0.3) is 0 Å². The fourth-order valence-electron chi connectivity index (χ4n) is 0.463. The van der Waals surface area contributed by atoms with E-state index in [4.69, 9.17) is 5.11 Å². The van der Waals surface area contributed by atoms with Gasteiger partial charge in [0.05, 0.1) is 6.42 Å². The molecule has 0 aliphatic carbocycles. The molecule has 4 heteroatoms. The number of carbonyl (C=O) groups excluding carboxylic acids is 2. The van der Waals surface area contributed by atoms with Gasteiger partial charge in [-0.05, 0) is 0 Å². The molecule has 0 saturated carbocycles. The maximum atomic E-state index is 10.1. The summed E-state index contributed by atoms with van der Waals surface area (Å²) in [7, 11) is 0. The third-order valence-electron chi connectivity index (χ3n) is 0.847. The average molecular weight is 144 g/mol. The Morgan fingerprint density at radius 2 is 2.00 bits per heavy atom. The molecule has 1 aliphatic heterocycles. The first-order chi connectivity index (χ1) is 4.70. The lowest BCUT2D eigenvalue weighted by Gasteiger charge is -1.86. The minimum atomic E-state index is -1.22. The predicted molar refractivity (Wildman–Crippen MR) is 33.0 cm³/mol. The summed E-state index contributed by atoms with van der Waals surface area (Å²) < 4.78 is 3.95. The maximum absolute atomic E-state index is 10.1. The van der Waals surface area contributed by atoms with Gasteiger partial charge >= 0.3 is 11.9 Å². The normalized spacial score (nSPS) is 23.1. The van der Waals surface area contributed by atoms with Crippen LogP contribution in [0.15, 0.2) is 13.2 Å². The Bertz CT molecular complexity index is 152. The molecule has 1 rings (SSSR count). The largest absolute Gasteiger partial charge is 0.391 e. The third kappa shape index (κ3) is 1.99. The van der Waals surface area contributed by atoms with Gasteiger partial charge in [-0.25, -0.2) is 4.79 Å². The van der Waals surface area contributed by atoms with E-state index in [2.05, 4.69) is 17.9 Å². The smallest absolute Gasteiger partial charge is 0.343 e. The molecule has 1 unspecified atom stereocenters. The van der Waals surface area contributed by atoms with Crippen LogP contribution in [0.5, 0.6) is 0 Å². The molecule has 0 amide bonds. The molecule has 0 radical (unpaired) electrons. The molecule has 0 aromatic rings. The first-order valence-corrected chi connectivity index (χ1v) is 2.63. The molecule has 1 aliphatic rings. The van der Waals surface area contributed by atoms with Crippen LogP contribution in [0.25, 0.3) is 0 Å². The first-order valence-electron chi connectivity index (χ1n) is 2.63. The number of aliphatic hydroxyl groups excluding tert-OH is 1. The zero-order valence-corrected chi connectivity index (χ0v) is 5.37. The van der Waals surface area contributed by atoms with Crippen LogP contribution in [-0.4, -0.2) is 23.1 Å². The minimum Gasteiger partial charge on any atom is -0.391 e. The van der Waals surface area contributed by atoms with Crippen LogP contribution >= 0.6 is 0 Å². The highest BCUT2D eigenvalue weighted by atomic mass is 16.6. The van der Waals surface area contributed by atoms with Crippen molar-refractivity contribution in [2.75, 3.05) is 0 Å². The van der Waals surface area contributed by atoms with Crippen molar-refractivity contribution in [3.05, 3.63) is 13.2 Å². The SMILES string of the molecule is C=C.O=C1CC(O)C(=O)O1. The van der Waals surface area contributed by atoms with Gasteiger partial charge in [0.15, 0.2) is 6.10 Å². The lowest BCUT2D eigenvalue weighted by molar-refractivity contribution is -0.154. The van der Waals surface area contributed by atoms with Crippen molar-refractivity contribution in [2.45, 2.75) is 12.5 Å². The average Bonchev–Trinajstić information content (AvgIpc) is 2.16. The van der Waals surface area contributed by atoms with Gasteiger partial charge in [0.2, 0.25) is 0 Å². The van der Waals surface area contributed by atoms with Crippen molar-refractivity contribution < 1.29 is 19.4 Å². The van der Waals surface area contributed by atoms with Gasteiger partial charge in [-0.3, -0.25) is 4.79 Å². The van der Waals surface area contributed by atoms with Gasteiger partial charge in [-0.15, -0.1) is 13.2 Å². The molecule has 4 nitrogen and oxygen atoms in total. The van der Waals surface area contributed by atoms with E-state index in [0.717, 1.165) is 0 Å². The van der Waals surface area contributed by atoms with Crippen LogP contribution < -0.4 is 0 Å². The van der Waals surface area contributed by atoms with Crippen LogP contribution in [0, 0.1) is 0 Å². The maximum Gasteiger partial charge on any atom is 0.343 e. The molecule has 0 aromatic heterocycles. The van der Waals surface area contributed by atoms with E-state index in [1.165, 1.54) is 0 Å². The number of esters is 2. The van der Waals surface area contributed by atoms with Crippen LogP contribution in [0.4, 0.5) is 0 Å². The minimum absolute atomic E-state index is 0.196. The summed E-state index contributed by atoms with van der Waals surface area (Å²) in [4.78, 5) is 20.2. The number of cyclic esters (lactones) is 2. The summed E-state index contributed by atoms with van der Waals surface area (Å²) in [6.07, 6.45) is -1.42. The number of hydrogen-bond donors (Lipinski definition) is 1. The fourth-order valence-corrected chi connectivity index (χ4v) is 0.463. The quantitative estimate of drug-likeness (QED) is 0.286. The highest BCUT2D eigenvalue weighted by Gasteiger charge is 2.30. The van der Waals surface area contributed by atoms with Gasteiger partial charge in [0.1, 0.15) is 0 Å². The number of carbonyl (C=O) groups is 2. The van der Waals surface area contributed by atoms with Crippen molar-refractivity contribution in [2.24, 2.45) is 0 Å². The standard InChI is InChI=1S/C4H4O4.C2H4/c5-2-1-3(6)8-4(2)7;1-2/h2,5H,1H2;1-2H2. The molecule has 1 N–H and O–H groups in total. The van der Waals surface area contributed by atoms with Crippen LogP contribution in [-0.2, 0) is 14.3 Å². The van der Waals surface area contributed by atoms with E-state index in [1.54, 1.807) is 0 Å². The highest BCUT2D eigenvalue weighted by Crippen LogP contribution is 2.05. The highest BCUT2D eigenvalue weighted by molar-refractivity contribution is 5.95. The molecular formula is C6H8O4. The summed E-state index contributed by atoms with van der Waals surface area (Å²) in [5, 5.41) is 8.47. The topological polar surface area (TPSA) is 63.6 Å². The van der Waals surface area contributed by atoms with Crippen LogP contribution in [0.1, 0.15) is 6.42 Å². The van der Waals surface area contributed by atoms with Gasteiger partial charge in [-0.2, -0.15) is 0 Å². The first kappa shape index (κ1) is 8.84. The molecule has 1 atom stereocenters. The summed E-state index contributed by atoms with van der Waals surface area (Å²) in [6.45, 7) is 6.00. The molecule has 1 saturated heterocycles. The van der Waals surface area contributed by atoms with Crippen LogP contribution in [0.2, 0.25) is 0 Å². The van der Waals surface area contributed by atoms with E-state index in [0.29, 0.717) is 0 Å². The second-order valence-electron chi connectivity index (χ2n) is 1.51. The second-order valence-corrected chi connectivity index (χ2v) is 1.51. The molecule has 56 valence electrons.